The Morgan fingerprint density at radius 2 is 2.00 bits per heavy atom. The summed E-state index contributed by atoms with van der Waals surface area (Å²) in [5.74, 6) is 0. The molecule has 0 saturated heterocycles. The van der Waals surface area contributed by atoms with Crippen molar-refractivity contribution in [1.29, 1.82) is 0 Å². The second kappa shape index (κ2) is 6.25. The smallest absolute Gasteiger partial charge is 0.278 e. The van der Waals surface area contributed by atoms with Crippen molar-refractivity contribution in [3.63, 3.8) is 0 Å². The van der Waals surface area contributed by atoms with Gasteiger partial charge in [0.25, 0.3) is 5.56 Å². The molecule has 0 fully saturated rings. The number of fused-ring (bicyclic) bond motifs is 1. The molecule has 0 bridgehead atoms. The normalized spacial score (nSPS) is 11.0. The van der Waals surface area contributed by atoms with E-state index >= 15 is 0 Å². The van der Waals surface area contributed by atoms with Gasteiger partial charge in [0.1, 0.15) is 11.2 Å². The van der Waals surface area contributed by atoms with Crippen LogP contribution in [-0.4, -0.2) is 28.3 Å². The number of nitrogens with zero attached hydrogens (tertiary/aromatic N) is 3. The van der Waals surface area contributed by atoms with Gasteiger partial charge in [0, 0.05) is 23.9 Å². The Bertz CT molecular complexity index is 859. The molecule has 112 valence electrons. The summed E-state index contributed by atoms with van der Waals surface area (Å²) >= 11 is 5.90. The van der Waals surface area contributed by atoms with Crippen molar-refractivity contribution in [3.8, 4) is 11.3 Å². The first-order chi connectivity index (χ1) is 10.7. The van der Waals surface area contributed by atoms with Gasteiger partial charge in [0.05, 0.1) is 13.2 Å². The summed E-state index contributed by atoms with van der Waals surface area (Å²) in [5.41, 5.74) is 2.15. The highest BCUT2D eigenvalue weighted by Gasteiger charge is 2.13. The number of benzene rings is 1. The van der Waals surface area contributed by atoms with Crippen molar-refractivity contribution in [2.24, 2.45) is 0 Å². The molecule has 0 amide bonds. The molecule has 0 aliphatic carbocycles. The summed E-state index contributed by atoms with van der Waals surface area (Å²) in [6.07, 6.45) is 1.65. The van der Waals surface area contributed by atoms with Gasteiger partial charge < -0.3 is 4.74 Å². The van der Waals surface area contributed by atoms with Crippen LogP contribution in [0.4, 0.5) is 0 Å². The Hall–Kier alpha value is -2.24. The molecule has 0 atom stereocenters. The molecule has 0 aliphatic heterocycles. The quantitative estimate of drug-likeness (QED) is 0.743. The lowest BCUT2D eigenvalue weighted by Gasteiger charge is -2.11. The van der Waals surface area contributed by atoms with Crippen LogP contribution in [0, 0.1) is 0 Å². The van der Waals surface area contributed by atoms with E-state index in [1.807, 2.05) is 6.07 Å². The van der Waals surface area contributed by atoms with Crippen molar-refractivity contribution in [2.45, 2.75) is 6.54 Å². The summed E-state index contributed by atoms with van der Waals surface area (Å²) in [4.78, 5) is 21.5. The average molecular weight is 316 g/mol. The fraction of sp³-hybridized carbons (Fsp3) is 0.188. The van der Waals surface area contributed by atoms with Crippen molar-refractivity contribution in [1.82, 2.24) is 14.5 Å². The van der Waals surface area contributed by atoms with Gasteiger partial charge in [0.15, 0.2) is 5.65 Å². The van der Waals surface area contributed by atoms with Gasteiger partial charge in [-0.3, -0.25) is 9.36 Å². The van der Waals surface area contributed by atoms with Crippen LogP contribution in [0.5, 0.6) is 0 Å². The molecule has 3 rings (SSSR count). The van der Waals surface area contributed by atoms with Crippen LogP contribution in [0.3, 0.4) is 0 Å². The molecule has 3 aromatic rings. The van der Waals surface area contributed by atoms with Gasteiger partial charge in [-0.15, -0.1) is 0 Å². The summed E-state index contributed by atoms with van der Waals surface area (Å²) in [5, 5.41) is 0.617. The van der Waals surface area contributed by atoms with E-state index in [2.05, 4.69) is 9.97 Å². The van der Waals surface area contributed by atoms with E-state index in [0.717, 1.165) is 5.56 Å². The van der Waals surface area contributed by atoms with Crippen LogP contribution in [0.15, 0.2) is 47.4 Å². The fourth-order valence-electron chi connectivity index (χ4n) is 2.26. The molecule has 0 saturated carbocycles. The molecular weight excluding hydrogens is 302 g/mol. The van der Waals surface area contributed by atoms with Gasteiger partial charge in [-0.05, 0) is 24.3 Å². The minimum Gasteiger partial charge on any atom is -0.383 e. The third-order valence-electron chi connectivity index (χ3n) is 3.34. The number of rotatable bonds is 4. The zero-order valence-electron chi connectivity index (χ0n) is 12.0. The van der Waals surface area contributed by atoms with Crippen molar-refractivity contribution in [2.75, 3.05) is 13.7 Å². The average Bonchev–Trinajstić information content (AvgIpc) is 2.54. The van der Waals surface area contributed by atoms with E-state index in [-0.39, 0.29) is 5.56 Å². The van der Waals surface area contributed by atoms with E-state index in [4.69, 9.17) is 16.3 Å². The molecular formula is C16H14ClN3O2. The van der Waals surface area contributed by atoms with Crippen LogP contribution in [0.2, 0.25) is 5.02 Å². The molecule has 5 nitrogen and oxygen atoms in total. The zero-order chi connectivity index (χ0) is 15.5. The van der Waals surface area contributed by atoms with Crippen molar-refractivity contribution < 1.29 is 4.74 Å². The third kappa shape index (κ3) is 2.73. The van der Waals surface area contributed by atoms with Gasteiger partial charge in [-0.25, -0.2) is 9.97 Å². The number of hydrogen-bond acceptors (Lipinski definition) is 4. The van der Waals surface area contributed by atoms with E-state index in [9.17, 15) is 4.79 Å². The number of pyridine rings is 1. The zero-order valence-corrected chi connectivity index (χ0v) is 12.7. The van der Waals surface area contributed by atoms with Crippen LogP contribution < -0.4 is 5.56 Å². The minimum atomic E-state index is -0.189. The topological polar surface area (TPSA) is 57.0 Å². The fourth-order valence-corrected chi connectivity index (χ4v) is 2.39. The Labute approximate surface area is 132 Å². The Morgan fingerprint density at radius 1 is 1.23 bits per heavy atom. The lowest BCUT2D eigenvalue weighted by Crippen LogP contribution is -2.26. The van der Waals surface area contributed by atoms with Crippen LogP contribution >= 0.6 is 11.6 Å². The first-order valence-corrected chi connectivity index (χ1v) is 7.19. The molecule has 2 aromatic heterocycles. The molecule has 0 aliphatic rings. The maximum absolute atomic E-state index is 12.7. The Balaban J connectivity index is 2.24. The lowest BCUT2D eigenvalue weighted by atomic mass is 10.1. The van der Waals surface area contributed by atoms with Crippen molar-refractivity contribution >= 4 is 22.8 Å². The van der Waals surface area contributed by atoms with Crippen molar-refractivity contribution in [3.05, 3.63) is 58.0 Å². The second-order valence-electron chi connectivity index (χ2n) is 4.76. The largest absolute Gasteiger partial charge is 0.383 e. The Kier molecular flexibility index (Phi) is 4.18. The SMILES string of the molecule is COCCn1c(=O)c(-c2ccc(Cl)cc2)nc2cccnc21. The summed E-state index contributed by atoms with van der Waals surface area (Å²) in [6, 6.07) is 10.7. The minimum absolute atomic E-state index is 0.189. The molecule has 6 heteroatoms. The van der Waals surface area contributed by atoms with E-state index in [1.54, 1.807) is 48.2 Å². The first kappa shape index (κ1) is 14.7. The van der Waals surface area contributed by atoms with Gasteiger partial charge in [-0.1, -0.05) is 23.7 Å². The maximum atomic E-state index is 12.7. The number of hydrogen-bond donors (Lipinski definition) is 0. The highest BCUT2D eigenvalue weighted by atomic mass is 35.5. The monoisotopic (exact) mass is 315 g/mol. The number of aromatic nitrogens is 3. The summed E-state index contributed by atoms with van der Waals surface area (Å²) in [6.45, 7) is 0.849. The summed E-state index contributed by atoms with van der Waals surface area (Å²) < 4.78 is 6.68. The third-order valence-corrected chi connectivity index (χ3v) is 3.59. The molecule has 0 unspecified atom stereocenters. The number of methoxy groups -OCH3 is 1. The predicted octanol–water partition coefficient (Wildman–Crippen LogP) is 2.76. The lowest BCUT2D eigenvalue weighted by molar-refractivity contribution is 0.187. The molecule has 2 heterocycles. The van der Waals surface area contributed by atoms with E-state index in [0.29, 0.717) is 35.0 Å². The van der Waals surface area contributed by atoms with Crippen LogP contribution in [-0.2, 0) is 11.3 Å². The van der Waals surface area contributed by atoms with E-state index < -0.39 is 0 Å². The highest BCUT2D eigenvalue weighted by Crippen LogP contribution is 2.19. The predicted molar refractivity (Wildman–Crippen MR) is 86.1 cm³/mol. The number of halogens is 1. The first-order valence-electron chi connectivity index (χ1n) is 6.81. The van der Waals surface area contributed by atoms with Gasteiger partial charge in [-0.2, -0.15) is 0 Å². The maximum Gasteiger partial charge on any atom is 0.278 e. The molecule has 0 radical (unpaired) electrons. The molecule has 1 aromatic carbocycles. The Morgan fingerprint density at radius 3 is 2.73 bits per heavy atom. The molecule has 0 N–H and O–H groups in total. The second-order valence-corrected chi connectivity index (χ2v) is 5.20. The number of ether oxygens (including phenoxy) is 1. The summed E-state index contributed by atoms with van der Waals surface area (Å²) in [7, 11) is 1.60. The van der Waals surface area contributed by atoms with Gasteiger partial charge >= 0.3 is 0 Å². The van der Waals surface area contributed by atoms with Crippen LogP contribution in [0.25, 0.3) is 22.4 Å². The standard InChI is InChI=1S/C16H14ClN3O2/c1-22-10-9-20-15-13(3-2-8-18-15)19-14(16(20)21)11-4-6-12(17)7-5-11/h2-8H,9-10H2,1H3. The van der Waals surface area contributed by atoms with Gasteiger partial charge in [0.2, 0.25) is 0 Å². The molecule has 22 heavy (non-hydrogen) atoms. The van der Waals surface area contributed by atoms with E-state index in [1.165, 1.54) is 0 Å². The van der Waals surface area contributed by atoms with Crippen LogP contribution in [0.1, 0.15) is 0 Å². The highest BCUT2D eigenvalue weighted by molar-refractivity contribution is 6.30. The molecule has 0 spiro atoms.